The minimum absolute atomic E-state index is 0.116. The molecule has 1 saturated carbocycles. The number of amides is 1. The fourth-order valence-electron chi connectivity index (χ4n) is 2.88. The Balaban J connectivity index is 1.83. The first-order valence-corrected chi connectivity index (χ1v) is 6.80. The van der Waals surface area contributed by atoms with Gasteiger partial charge in [0, 0.05) is 37.7 Å². The van der Waals surface area contributed by atoms with Crippen LogP contribution in [-0.4, -0.2) is 36.9 Å². The summed E-state index contributed by atoms with van der Waals surface area (Å²) < 4.78 is 5.26. The van der Waals surface area contributed by atoms with Gasteiger partial charge in [0.15, 0.2) is 0 Å². The smallest absolute Gasteiger partial charge is 0.223 e. The van der Waals surface area contributed by atoms with Crippen LogP contribution in [0.3, 0.4) is 0 Å². The summed E-state index contributed by atoms with van der Waals surface area (Å²) in [5.74, 6) is 0.538. The highest BCUT2D eigenvalue weighted by Gasteiger charge is 2.29. The van der Waals surface area contributed by atoms with Crippen LogP contribution in [0.25, 0.3) is 0 Å². The number of ether oxygens (including phenoxy) is 1. The SMILES string of the molecule is O=C(NC1CCCCC1CO)C1CCOCC1. The van der Waals surface area contributed by atoms with Crippen molar-refractivity contribution in [2.75, 3.05) is 19.8 Å². The van der Waals surface area contributed by atoms with Crippen LogP contribution in [0, 0.1) is 11.8 Å². The Labute approximate surface area is 103 Å². The van der Waals surface area contributed by atoms with Gasteiger partial charge in [-0.15, -0.1) is 0 Å². The number of aliphatic hydroxyl groups excluding tert-OH is 1. The second-order valence-corrected chi connectivity index (χ2v) is 5.23. The normalized spacial score (nSPS) is 31.1. The Kier molecular flexibility index (Phi) is 4.80. The van der Waals surface area contributed by atoms with Gasteiger partial charge in [-0.1, -0.05) is 12.8 Å². The Morgan fingerprint density at radius 2 is 1.88 bits per heavy atom. The molecule has 1 heterocycles. The van der Waals surface area contributed by atoms with E-state index in [4.69, 9.17) is 4.74 Å². The van der Waals surface area contributed by atoms with E-state index in [0.29, 0.717) is 13.2 Å². The molecule has 0 aromatic heterocycles. The van der Waals surface area contributed by atoms with Crippen LogP contribution in [0.2, 0.25) is 0 Å². The lowest BCUT2D eigenvalue weighted by Gasteiger charge is -2.32. The number of hydrogen-bond donors (Lipinski definition) is 2. The lowest BCUT2D eigenvalue weighted by atomic mass is 9.84. The summed E-state index contributed by atoms with van der Waals surface area (Å²) in [6.07, 6.45) is 6.06. The summed E-state index contributed by atoms with van der Waals surface area (Å²) in [4.78, 5) is 12.1. The van der Waals surface area contributed by atoms with Gasteiger partial charge in [-0.25, -0.2) is 0 Å². The average molecular weight is 241 g/mol. The summed E-state index contributed by atoms with van der Waals surface area (Å²) in [5, 5.41) is 12.4. The minimum atomic E-state index is 0.116. The molecule has 1 saturated heterocycles. The van der Waals surface area contributed by atoms with Crippen molar-refractivity contribution in [3.63, 3.8) is 0 Å². The van der Waals surface area contributed by atoms with E-state index in [1.165, 1.54) is 6.42 Å². The van der Waals surface area contributed by atoms with Gasteiger partial charge in [0.25, 0.3) is 0 Å². The van der Waals surface area contributed by atoms with Gasteiger partial charge in [0.2, 0.25) is 5.91 Å². The summed E-state index contributed by atoms with van der Waals surface area (Å²) in [6, 6.07) is 0.184. The topological polar surface area (TPSA) is 58.6 Å². The predicted octanol–water partition coefficient (Wildman–Crippen LogP) is 1.08. The van der Waals surface area contributed by atoms with E-state index in [1.54, 1.807) is 0 Å². The molecule has 2 N–H and O–H groups in total. The second kappa shape index (κ2) is 6.36. The monoisotopic (exact) mass is 241 g/mol. The van der Waals surface area contributed by atoms with Crippen LogP contribution in [0.5, 0.6) is 0 Å². The summed E-state index contributed by atoms with van der Waals surface area (Å²) in [7, 11) is 0. The fourth-order valence-corrected chi connectivity index (χ4v) is 2.88. The molecular formula is C13H23NO3. The molecule has 0 radical (unpaired) electrons. The molecule has 2 unspecified atom stereocenters. The van der Waals surface area contributed by atoms with Crippen molar-refractivity contribution in [3.05, 3.63) is 0 Å². The van der Waals surface area contributed by atoms with E-state index >= 15 is 0 Å². The third-order valence-corrected chi connectivity index (χ3v) is 4.06. The summed E-state index contributed by atoms with van der Waals surface area (Å²) in [5.41, 5.74) is 0. The predicted molar refractivity (Wildman–Crippen MR) is 64.5 cm³/mol. The molecule has 17 heavy (non-hydrogen) atoms. The molecule has 4 nitrogen and oxygen atoms in total. The number of hydrogen-bond acceptors (Lipinski definition) is 3. The highest BCUT2D eigenvalue weighted by Crippen LogP contribution is 2.25. The quantitative estimate of drug-likeness (QED) is 0.777. The maximum atomic E-state index is 12.1. The van der Waals surface area contributed by atoms with Crippen LogP contribution < -0.4 is 5.32 Å². The average Bonchev–Trinajstić information content (AvgIpc) is 2.40. The van der Waals surface area contributed by atoms with Crippen molar-refractivity contribution in [1.82, 2.24) is 5.32 Å². The van der Waals surface area contributed by atoms with Gasteiger partial charge < -0.3 is 15.2 Å². The minimum Gasteiger partial charge on any atom is -0.396 e. The molecule has 2 rings (SSSR count). The number of rotatable bonds is 3. The van der Waals surface area contributed by atoms with Gasteiger partial charge >= 0.3 is 0 Å². The zero-order chi connectivity index (χ0) is 12.1. The first-order valence-electron chi connectivity index (χ1n) is 6.80. The number of carbonyl (C=O) groups is 1. The summed E-state index contributed by atoms with van der Waals surface area (Å²) in [6.45, 7) is 1.59. The van der Waals surface area contributed by atoms with Crippen LogP contribution in [0.4, 0.5) is 0 Å². The number of carbonyl (C=O) groups excluding carboxylic acids is 1. The molecule has 0 aromatic carbocycles. The molecule has 0 bridgehead atoms. The van der Waals surface area contributed by atoms with Crippen molar-refractivity contribution < 1.29 is 14.6 Å². The molecule has 1 amide bonds. The van der Waals surface area contributed by atoms with Crippen molar-refractivity contribution in [3.8, 4) is 0 Å². The molecule has 2 aliphatic rings. The van der Waals surface area contributed by atoms with Crippen molar-refractivity contribution in [2.45, 2.75) is 44.6 Å². The van der Waals surface area contributed by atoms with E-state index in [1.807, 2.05) is 0 Å². The zero-order valence-corrected chi connectivity index (χ0v) is 10.4. The maximum absolute atomic E-state index is 12.1. The van der Waals surface area contributed by atoms with Gasteiger partial charge in [-0.3, -0.25) is 4.79 Å². The van der Waals surface area contributed by atoms with Crippen LogP contribution in [0.15, 0.2) is 0 Å². The van der Waals surface area contributed by atoms with Crippen LogP contribution in [0.1, 0.15) is 38.5 Å². The Morgan fingerprint density at radius 3 is 2.59 bits per heavy atom. The molecule has 0 spiro atoms. The van der Waals surface area contributed by atoms with Crippen molar-refractivity contribution >= 4 is 5.91 Å². The molecule has 1 aliphatic carbocycles. The van der Waals surface area contributed by atoms with Crippen LogP contribution in [-0.2, 0) is 9.53 Å². The Bertz CT molecular complexity index is 251. The van der Waals surface area contributed by atoms with Gasteiger partial charge in [-0.2, -0.15) is 0 Å². The fraction of sp³-hybridized carbons (Fsp3) is 0.923. The zero-order valence-electron chi connectivity index (χ0n) is 10.4. The molecule has 1 aliphatic heterocycles. The van der Waals surface area contributed by atoms with Crippen LogP contribution >= 0.6 is 0 Å². The van der Waals surface area contributed by atoms with Gasteiger partial charge in [0.1, 0.15) is 0 Å². The molecular weight excluding hydrogens is 218 g/mol. The third-order valence-electron chi connectivity index (χ3n) is 4.06. The Hall–Kier alpha value is -0.610. The molecule has 4 heteroatoms. The third kappa shape index (κ3) is 3.42. The van der Waals surface area contributed by atoms with E-state index in [-0.39, 0.29) is 30.4 Å². The van der Waals surface area contributed by atoms with E-state index in [2.05, 4.69) is 5.32 Å². The number of aliphatic hydroxyl groups is 1. The van der Waals surface area contributed by atoms with Gasteiger partial charge in [-0.05, 0) is 25.7 Å². The highest BCUT2D eigenvalue weighted by molar-refractivity contribution is 5.79. The molecule has 0 aromatic rings. The highest BCUT2D eigenvalue weighted by atomic mass is 16.5. The summed E-state index contributed by atoms with van der Waals surface area (Å²) >= 11 is 0. The standard InChI is InChI=1S/C13H23NO3/c15-9-11-3-1-2-4-12(11)14-13(16)10-5-7-17-8-6-10/h10-12,15H,1-9H2,(H,14,16). The Morgan fingerprint density at radius 1 is 1.18 bits per heavy atom. The number of nitrogens with one attached hydrogen (secondary N) is 1. The second-order valence-electron chi connectivity index (χ2n) is 5.23. The molecule has 2 atom stereocenters. The first kappa shape index (κ1) is 12.8. The molecule has 2 fully saturated rings. The lowest BCUT2D eigenvalue weighted by Crippen LogP contribution is -2.46. The maximum Gasteiger partial charge on any atom is 0.223 e. The van der Waals surface area contributed by atoms with E-state index in [0.717, 1.165) is 32.1 Å². The first-order chi connectivity index (χ1) is 8.31. The van der Waals surface area contributed by atoms with Crippen molar-refractivity contribution in [1.29, 1.82) is 0 Å². The van der Waals surface area contributed by atoms with E-state index in [9.17, 15) is 9.90 Å². The van der Waals surface area contributed by atoms with E-state index < -0.39 is 0 Å². The lowest BCUT2D eigenvalue weighted by molar-refractivity contribution is -0.129. The molecule has 98 valence electrons. The van der Waals surface area contributed by atoms with Gasteiger partial charge in [0.05, 0.1) is 0 Å². The largest absolute Gasteiger partial charge is 0.396 e. The van der Waals surface area contributed by atoms with Crippen molar-refractivity contribution in [2.24, 2.45) is 11.8 Å².